The predicted octanol–water partition coefficient (Wildman–Crippen LogP) is 3.66. The maximum atomic E-state index is 12.6. The highest BCUT2D eigenvalue weighted by Gasteiger charge is 2.19. The second-order valence-electron chi connectivity index (χ2n) is 6.23. The van der Waals surface area contributed by atoms with Crippen LogP contribution in [0.5, 0.6) is 5.75 Å². The fraction of sp³-hybridized carbons (Fsp3) is 0.316. The fourth-order valence-electron chi connectivity index (χ4n) is 2.77. The van der Waals surface area contributed by atoms with Gasteiger partial charge in [-0.05, 0) is 32.2 Å². The lowest BCUT2D eigenvalue weighted by Gasteiger charge is -2.11. The number of alkyl halides is 2. The molecule has 0 saturated heterocycles. The first-order valence-electron chi connectivity index (χ1n) is 8.60. The van der Waals surface area contributed by atoms with Gasteiger partial charge in [-0.2, -0.15) is 13.8 Å². The Kier molecular flexibility index (Phi) is 6.23. The molecule has 0 radical (unpaired) electrons. The van der Waals surface area contributed by atoms with E-state index in [0.29, 0.717) is 29.2 Å². The molecular weight excluding hydrogens is 388 g/mol. The number of para-hydroxylation sites is 1. The van der Waals surface area contributed by atoms with Gasteiger partial charge < -0.3 is 18.4 Å². The van der Waals surface area contributed by atoms with Gasteiger partial charge in [0.1, 0.15) is 22.8 Å². The first-order valence-corrected chi connectivity index (χ1v) is 8.60. The molecule has 1 aromatic carbocycles. The van der Waals surface area contributed by atoms with Gasteiger partial charge in [0.05, 0.1) is 25.8 Å². The summed E-state index contributed by atoms with van der Waals surface area (Å²) < 4.78 is 45.1. The molecule has 154 valence electrons. The van der Waals surface area contributed by atoms with Crippen LogP contribution in [0.3, 0.4) is 0 Å². The van der Waals surface area contributed by atoms with E-state index >= 15 is 0 Å². The Balaban J connectivity index is 1.68. The summed E-state index contributed by atoms with van der Waals surface area (Å²) in [5, 5.41) is 3.84. The second-order valence-corrected chi connectivity index (χ2v) is 6.23. The van der Waals surface area contributed by atoms with Crippen LogP contribution in [0.25, 0.3) is 11.4 Å². The number of hydrogen-bond donors (Lipinski definition) is 0. The molecule has 0 spiro atoms. The van der Waals surface area contributed by atoms with E-state index in [1.165, 1.54) is 13.2 Å². The normalized spacial score (nSPS) is 11.3. The van der Waals surface area contributed by atoms with Gasteiger partial charge in [0, 0.05) is 0 Å². The van der Waals surface area contributed by atoms with E-state index in [1.807, 2.05) is 4.90 Å². The molecule has 0 atom stereocenters. The quantitative estimate of drug-likeness (QED) is 0.523. The number of aromatic nitrogens is 2. The summed E-state index contributed by atoms with van der Waals surface area (Å²) in [7, 11) is 3.10. The van der Waals surface area contributed by atoms with Crippen LogP contribution in [0.15, 0.2) is 39.3 Å². The minimum atomic E-state index is -2.96. The lowest BCUT2D eigenvalue weighted by molar-refractivity contribution is -0.0494. The van der Waals surface area contributed by atoms with Crippen molar-refractivity contribution in [2.75, 3.05) is 14.2 Å². The van der Waals surface area contributed by atoms with Crippen LogP contribution in [0.4, 0.5) is 8.78 Å². The third kappa shape index (κ3) is 4.96. The number of esters is 1. The monoisotopic (exact) mass is 407 g/mol. The minimum Gasteiger partial charge on any atom is -0.465 e. The van der Waals surface area contributed by atoms with Crippen molar-refractivity contribution < 1.29 is 32.0 Å². The molecule has 10 heteroatoms. The number of benzene rings is 1. The van der Waals surface area contributed by atoms with Gasteiger partial charge in [-0.25, -0.2) is 4.79 Å². The number of methoxy groups -OCH3 is 1. The molecular formula is C19H19F2N3O5. The van der Waals surface area contributed by atoms with Gasteiger partial charge in [-0.15, -0.1) is 0 Å². The summed E-state index contributed by atoms with van der Waals surface area (Å²) in [5.41, 5.74) is 0.668. The SMILES string of the molecule is COC(=O)c1cc(CN(C)Cc2nc(-c3ccccc3OC(F)F)no2)oc1C. The van der Waals surface area contributed by atoms with Gasteiger partial charge in [-0.1, -0.05) is 17.3 Å². The number of rotatable bonds is 8. The van der Waals surface area contributed by atoms with Crippen molar-refractivity contribution in [2.24, 2.45) is 0 Å². The van der Waals surface area contributed by atoms with E-state index in [9.17, 15) is 13.6 Å². The van der Waals surface area contributed by atoms with Crippen LogP contribution in [0.2, 0.25) is 0 Å². The summed E-state index contributed by atoms with van der Waals surface area (Å²) in [6.07, 6.45) is 0. The Morgan fingerprint density at radius 1 is 1.28 bits per heavy atom. The first-order chi connectivity index (χ1) is 13.9. The average molecular weight is 407 g/mol. The molecule has 0 fully saturated rings. The average Bonchev–Trinajstić information content (AvgIpc) is 3.27. The predicted molar refractivity (Wildman–Crippen MR) is 96.3 cm³/mol. The topological polar surface area (TPSA) is 90.8 Å². The highest BCUT2D eigenvalue weighted by atomic mass is 19.3. The number of carbonyl (C=O) groups is 1. The van der Waals surface area contributed by atoms with E-state index in [0.717, 1.165) is 0 Å². The smallest absolute Gasteiger partial charge is 0.387 e. The highest BCUT2D eigenvalue weighted by molar-refractivity contribution is 5.90. The Labute approximate surface area is 165 Å². The van der Waals surface area contributed by atoms with Crippen molar-refractivity contribution in [3.8, 4) is 17.1 Å². The summed E-state index contributed by atoms with van der Waals surface area (Å²) >= 11 is 0. The van der Waals surface area contributed by atoms with Crippen LogP contribution >= 0.6 is 0 Å². The fourth-order valence-corrected chi connectivity index (χ4v) is 2.77. The summed E-state index contributed by atoms with van der Waals surface area (Å²) in [5.74, 6) is 0.963. The molecule has 29 heavy (non-hydrogen) atoms. The Morgan fingerprint density at radius 2 is 2.03 bits per heavy atom. The van der Waals surface area contributed by atoms with Gasteiger partial charge in [-0.3, -0.25) is 4.90 Å². The zero-order chi connectivity index (χ0) is 21.0. The zero-order valence-electron chi connectivity index (χ0n) is 16.0. The largest absolute Gasteiger partial charge is 0.465 e. The Bertz CT molecular complexity index is 986. The molecule has 0 bridgehead atoms. The van der Waals surface area contributed by atoms with Crippen LogP contribution < -0.4 is 4.74 Å². The van der Waals surface area contributed by atoms with E-state index < -0.39 is 12.6 Å². The van der Waals surface area contributed by atoms with Crippen molar-refractivity contribution in [2.45, 2.75) is 26.6 Å². The lowest BCUT2D eigenvalue weighted by atomic mass is 10.2. The number of aryl methyl sites for hydroxylation is 1. The van der Waals surface area contributed by atoms with Crippen LogP contribution in [-0.4, -0.2) is 41.8 Å². The van der Waals surface area contributed by atoms with E-state index in [-0.39, 0.29) is 24.0 Å². The minimum absolute atomic E-state index is 0.0374. The standard InChI is InChI=1S/C19H19F2N3O5/c1-11-14(18(25)26-3)8-12(27-11)9-24(2)10-16-22-17(23-29-16)13-6-4-5-7-15(13)28-19(20)21/h4-8,19H,9-10H2,1-3H3. The molecule has 0 N–H and O–H groups in total. The van der Waals surface area contributed by atoms with Crippen LogP contribution in [-0.2, 0) is 17.8 Å². The number of hydrogen-bond acceptors (Lipinski definition) is 8. The maximum Gasteiger partial charge on any atom is 0.387 e. The Morgan fingerprint density at radius 3 is 2.76 bits per heavy atom. The van der Waals surface area contributed by atoms with Crippen molar-refractivity contribution in [1.29, 1.82) is 0 Å². The highest BCUT2D eigenvalue weighted by Crippen LogP contribution is 2.29. The van der Waals surface area contributed by atoms with Crippen LogP contribution in [0.1, 0.15) is 27.8 Å². The summed E-state index contributed by atoms with van der Waals surface area (Å²) in [4.78, 5) is 17.7. The van der Waals surface area contributed by atoms with Gasteiger partial charge in [0.2, 0.25) is 11.7 Å². The lowest BCUT2D eigenvalue weighted by Crippen LogP contribution is -2.17. The molecule has 0 aliphatic heterocycles. The maximum absolute atomic E-state index is 12.6. The molecule has 3 aromatic rings. The van der Waals surface area contributed by atoms with E-state index in [1.54, 1.807) is 38.2 Å². The molecule has 2 aromatic heterocycles. The van der Waals surface area contributed by atoms with Gasteiger partial charge in [0.15, 0.2) is 0 Å². The van der Waals surface area contributed by atoms with Crippen molar-refractivity contribution in [1.82, 2.24) is 15.0 Å². The van der Waals surface area contributed by atoms with E-state index in [4.69, 9.17) is 13.7 Å². The van der Waals surface area contributed by atoms with Crippen molar-refractivity contribution in [3.63, 3.8) is 0 Å². The third-order valence-corrected chi connectivity index (χ3v) is 4.02. The second kappa shape index (κ2) is 8.82. The molecule has 0 saturated carbocycles. The molecule has 3 rings (SSSR count). The number of carbonyl (C=O) groups excluding carboxylic acids is 1. The molecule has 8 nitrogen and oxygen atoms in total. The van der Waals surface area contributed by atoms with E-state index in [2.05, 4.69) is 14.9 Å². The number of halogens is 2. The van der Waals surface area contributed by atoms with Crippen molar-refractivity contribution in [3.05, 3.63) is 53.3 Å². The van der Waals surface area contributed by atoms with Gasteiger partial charge in [0.25, 0.3) is 0 Å². The summed E-state index contributed by atoms with van der Waals surface area (Å²) in [6, 6.07) is 7.82. The van der Waals surface area contributed by atoms with Crippen molar-refractivity contribution >= 4 is 5.97 Å². The molecule has 0 amide bonds. The molecule has 0 aliphatic carbocycles. The molecule has 0 aliphatic rings. The molecule has 0 unspecified atom stereocenters. The number of nitrogens with zero attached hydrogens (tertiary/aromatic N) is 3. The van der Waals surface area contributed by atoms with Gasteiger partial charge >= 0.3 is 12.6 Å². The Hall–Kier alpha value is -3.27. The molecule has 2 heterocycles. The third-order valence-electron chi connectivity index (χ3n) is 4.02. The first kappa shape index (κ1) is 20.5. The summed E-state index contributed by atoms with van der Waals surface area (Å²) in [6.45, 7) is -0.627. The van der Waals surface area contributed by atoms with Crippen LogP contribution in [0, 0.1) is 6.92 Å². The number of ether oxygens (including phenoxy) is 2. The number of furan rings is 1. The zero-order valence-corrected chi connectivity index (χ0v) is 16.0.